The molecule has 0 N–H and O–H groups in total. The zero-order valence-corrected chi connectivity index (χ0v) is 31.3. The van der Waals surface area contributed by atoms with E-state index in [1.54, 1.807) is 0 Å². The first-order valence-corrected chi connectivity index (χ1v) is 19.4. The van der Waals surface area contributed by atoms with E-state index >= 15 is 0 Å². The molecular formula is C53H33N5. The molecule has 0 atom stereocenters. The Morgan fingerprint density at radius 1 is 0.379 bits per heavy atom. The fraction of sp³-hybridized carbons (Fsp3) is 0. The molecule has 0 aliphatic heterocycles. The van der Waals surface area contributed by atoms with Gasteiger partial charge in [-0.1, -0.05) is 133 Å². The third kappa shape index (κ3) is 5.47. The lowest BCUT2D eigenvalue weighted by Crippen LogP contribution is -2.00. The molecule has 0 unspecified atom stereocenters. The van der Waals surface area contributed by atoms with Crippen LogP contribution in [0.4, 0.5) is 0 Å². The van der Waals surface area contributed by atoms with Crippen molar-refractivity contribution in [1.29, 1.82) is 5.26 Å². The molecule has 11 rings (SSSR count). The highest BCUT2D eigenvalue weighted by Crippen LogP contribution is 2.40. The molecule has 0 fully saturated rings. The van der Waals surface area contributed by atoms with Gasteiger partial charge in [-0.2, -0.15) is 5.26 Å². The van der Waals surface area contributed by atoms with Crippen molar-refractivity contribution in [1.82, 2.24) is 19.1 Å². The van der Waals surface area contributed by atoms with Crippen molar-refractivity contribution in [2.75, 3.05) is 0 Å². The number of benzene rings is 8. The predicted octanol–water partition coefficient (Wildman–Crippen LogP) is 13.2. The first-order valence-electron chi connectivity index (χ1n) is 19.4. The second kappa shape index (κ2) is 13.6. The lowest BCUT2D eigenvalue weighted by atomic mass is 9.97. The van der Waals surface area contributed by atoms with E-state index in [2.05, 4.69) is 167 Å². The molecule has 8 aromatic carbocycles. The van der Waals surface area contributed by atoms with Crippen molar-refractivity contribution in [3.63, 3.8) is 0 Å². The number of hydrogen-bond acceptors (Lipinski definition) is 3. The smallest absolute Gasteiger partial charge is 0.160 e. The summed E-state index contributed by atoms with van der Waals surface area (Å²) < 4.78 is 4.70. The molecule has 0 aliphatic carbocycles. The maximum Gasteiger partial charge on any atom is 0.160 e. The van der Waals surface area contributed by atoms with Gasteiger partial charge in [-0.15, -0.1) is 0 Å². The minimum Gasteiger partial charge on any atom is -0.309 e. The molecule has 0 radical (unpaired) electrons. The van der Waals surface area contributed by atoms with Crippen LogP contribution in [0.25, 0.3) is 100 Å². The highest BCUT2D eigenvalue weighted by Gasteiger charge is 2.20. The van der Waals surface area contributed by atoms with E-state index in [9.17, 15) is 5.26 Å². The molecule has 0 saturated heterocycles. The summed E-state index contributed by atoms with van der Waals surface area (Å²) in [5.41, 5.74) is 13.9. The van der Waals surface area contributed by atoms with Gasteiger partial charge in [0.1, 0.15) is 0 Å². The van der Waals surface area contributed by atoms with Gasteiger partial charge in [0.15, 0.2) is 5.82 Å². The number of para-hydroxylation sites is 3. The fourth-order valence-electron chi connectivity index (χ4n) is 8.51. The summed E-state index contributed by atoms with van der Waals surface area (Å²) >= 11 is 0. The van der Waals surface area contributed by atoms with E-state index < -0.39 is 0 Å². The zero-order valence-electron chi connectivity index (χ0n) is 31.3. The van der Waals surface area contributed by atoms with Gasteiger partial charge in [-0.05, 0) is 72.3 Å². The van der Waals surface area contributed by atoms with Crippen LogP contribution in [0, 0.1) is 11.3 Å². The number of hydrogen-bond donors (Lipinski definition) is 0. The molecule has 11 aromatic rings. The summed E-state index contributed by atoms with van der Waals surface area (Å²) in [5, 5.41) is 14.5. The maximum absolute atomic E-state index is 9.88. The molecule has 0 saturated carbocycles. The zero-order chi connectivity index (χ0) is 38.6. The van der Waals surface area contributed by atoms with Gasteiger partial charge in [0, 0.05) is 49.5 Å². The standard InChI is InChI=1S/C53H33N5/c54-34-35-26-28-52-45(30-35)43-22-9-12-25-50(43)58(52)51-29-27-39(47-33-46(36-14-3-1-4-15-36)55-53(56-47)37-16-5-2-6-17-37)32-44(51)38-18-13-19-40(31-38)57-48-23-10-7-20-41(48)42-21-8-11-24-49(42)57/h1-33H. The lowest BCUT2D eigenvalue weighted by Gasteiger charge is -2.18. The van der Waals surface area contributed by atoms with Gasteiger partial charge in [0.05, 0.1) is 50.8 Å². The first-order chi connectivity index (χ1) is 28.7. The number of nitrogens with zero attached hydrogens (tertiary/aromatic N) is 5. The van der Waals surface area contributed by atoms with Crippen LogP contribution in [0.5, 0.6) is 0 Å². The monoisotopic (exact) mass is 739 g/mol. The molecule has 3 aromatic heterocycles. The number of aromatic nitrogens is 4. The third-order valence-electron chi connectivity index (χ3n) is 11.2. The summed E-state index contributed by atoms with van der Waals surface area (Å²) in [6.07, 6.45) is 0. The van der Waals surface area contributed by atoms with Crippen LogP contribution in [0.2, 0.25) is 0 Å². The van der Waals surface area contributed by atoms with Crippen molar-refractivity contribution in [3.05, 3.63) is 206 Å². The van der Waals surface area contributed by atoms with Gasteiger partial charge < -0.3 is 9.13 Å². The van der Waals surface area contributed by atoms with E-state index in [0.29, 0.717) is 11.4 Å². The van der Waals surface area contributed by atoms with Crippen LogP contribution in [-0.2, 0) is 0 Å². The molecule has 0 amide bonds. The Kier molecular flexibility index (Phi) is 7.80. The first kappa shape index (κ1) is 33.3. The predicted molar refractivity (Wildman–Crippen MR) is 237 cm³/mol. The summed E-state index contributed by atoms with van der Waals surface area (Å²) in [6, 6.07) is 72.1. The Bertz CT molecular complexity index is 3290. The summed E-state index contributed by atoms with van der Waals surface area (Å²) in [5.74, 6) is 0.673. The van der Waals surface area contributed by atoms with Crippen LogP contribution in [-0.4, -0.2) is 19.1 Å². The Labute approximate surface area is 335 Å². The minimum atomic E-state index is 0.636. The summed E-state index contributed by atoms with van der Waals surface area (Å²) in [4.78, 5) is 10.3. The Hall–Kier alpha value is -8.07. The maximum atomic E-state index is 9.88. The second-order valence-electron chi connectivity index (χ2n) is 14.5. The molecule has 270 valence electrons. The molecule has 5 heteroatoms. The fourth-order valence-corrected chi connectivity index (χ4v) is 8.51. The summed E-state index contributed by atoms with van der Waals surface area (Å²) in [6.45, 7) is 0. The molecule has 58 heavy (non-hydrogen) atoms. The van der Waals surface area contributed by atoms with Gasteiger partial charge in [-0.3, -0.25) is 0 Å². The van der Waals surface area contributed by atoms with Crippen molar-refractivity contribution < 1.29 is 0 Å². The quantitative estimate of drug-likeness (QED) is 0.171. The molecule has 3 heterocycles. The number of nitriles is 1. The lowest BCUT2D eigenvalue weighted by molar-refractivity contribution is 1.16. The molecular weight excluding hydrogens is 707 g/mol. The molecule has 0 bridgehead atoms. The highest BCUT2D eigenvalue weighted by atomic mass is 15.0. The van der Waals surface area contributed by atoms with Crippen LogP contribution < -0.4 is 0 Å². The van der Waals surface area contributed by atoms with Gasteiger partial charge in [0.2, 0.25) is 0 Å². The number of rotatable bonds is 6. The van der Waals surface area contributed by atoms with E-state index in [1.807, 2.05) is 48.5 Å². The van der Waals surface area contributed by atoms with Crippen LogP contribution >= 0.6 is 0 Å². The average molecular weight is 740 g/mol. The van der Waals surface area contributed by atoms with E-state index in [-0.39, 0.29) is 0 Å². The number of fused-ring (bicyclic) bond motifs is 6. The molecule has 0 spiro atoms. The van der Waals surface area contributed by atoms with Crippen molar-refractivity contribution in [2.24, 2.45) is 0 Å². The van der Waals surface area contributed by atoms with Crippen LogP contribution in [0.3, 0.4) is 0 Å². The Balaban J connectivity index is 1.18. The Morgan fingerprint density at radius 3 is 1.60 bits per heavy atom. The van der Waals surface area contributed by atoms with E-state index in [0.717, 1.165) is 83.4 Å². The van der Waals surface area contributed by atoms with Crippen molar-refractivity contribution >= 4 is 43.6 Å². The molecule has 0 aliphatic rings. The Morgan fingerprint density at radius 2 is 0.931 bits per heavy atom. The van der Waals surface area contributed by atoms with Gasteiger partial charge in [-0.25, -0.2) is 9.97 Å². The van der Waals surface area contributed by atoms with Crippen molar-refractivity contribution in [3.8, 4) is 62.5 Å². The summed E-state index contributed by atoms with van der Waals surface area (Å²) in [7, 11) is 0. The van der Waals surface area contributed by atoms with E-state index in [4.69, 9.17) is 9.97 Å². The van der Waals surface area contributed by atoms with Crippen LogP contribution in [0.1, 0.15) is 5.56 Å². The highest BCUT2D eigenvalue weighted by molar-refractivity contribution is 6.11. The minimum absolute atomic E-state index is 0.636. The normalized spacial score (nSPS) is 11.4. The van der Waals surface area contributed by atoms with Gasteiger partial charge in [0.25, 0.3) is 0 Å². The van der Waals surface area contributed by atoms with Crippen molar-refractivity contribution in [2.45, 2.75) is 0 Å². The largest absolute Gasteiger partial charge is 0.309 e. The van der Waals surface area contributed by atoms with E-state index in [1.165, 1.54) is 10.8 Å². The molecule has 5 nitrogen and oxygen atoms in total. The SMILES string of the molecule is N#Cc1ccc2c(c1)c1ccccc1n2-c1ccc(-c2cc(-c3ccccc3)nc(-c3ccccc3)n2)cc1-c1cccc(-n2c3ccccc3c3ccccc32)c1. The average Bonchev–Trinajstić information content (AvgIpc) is 3.82. The second-order valence-corrected chi connectivity index (χ2v) is 14.5. The van der Waals surface area contributed by atoms with Crippen LogP contribution in [0.15, 0.2) is 200 Å². The topological polar surface area (TPSA) is 59.4 Å². The third-order valence-corrected chi connectivity index (χ3v) is 11.2. The van der Waals surface area contributed by atoms with Gasteiger partial charge >= 0.3 is 0 Å².